The van der Waals surface area contributed by atoms with E-state index in [1.807, 2.05) is 36.1 Å². The third kappa shape index (κ3) is 6.70. The third-order valence-electron chi connectivity index (χ3n) is 5.57. The van der Waals surface area contributed by atoms with Gasteiger partial charge in [-0.3, -0.25) is 4.79 Å². The van der Waals surface area contributed by atoms with E-state index >= 15 is 0 Å². The Balaban J connectivity index is 1.47. The molecule has 1 aromatic rings. The van der Waals surface area contributed by atoms with E-state index in [0.29, 0.717) is 44.5 Å². The van der Waals surface area contributed by atoms with E-state index in [1.165, 1.54) is 6.42 Å². The Morgan fingerprint density at radius 3 is 2.53 bits per heavy atom. The zero-order valence-electron chi connectivity index (χ0n) is 17.7. The first-order valence-corrected chi connectivity index (χ1v) is 12.5. The molecule has 1 amide bonds. The summed E-state index contributed by atoms with van der Waals surface area (Å²) in [6.45, 7) is 4.75. The molecule has 3 N–H and O–H groups in total. The van der Waals surface area contributed by atoms with Crippen LogP contribution in [0.2, 0.25) is 0 Å². The topological polar surface area (TPSA) is 103 Å². The van der Waals surface area contributed by atoms with Crippen molar-refractivity contribution in [3.05, 3.63) is 29.8 Å². The number of rotatable bonds is 10. The number of aliphatic imine (C=N–C) groups is 1. The Labute approximate surface area is 179 Å². The number of guanidine groups is 1. The van der Waals surface area contributed by atoms with Gasteiger partial charge in [0.25, 0.3) is 0 Å². The monoisotopic (exact) mass is 435 g/mol. The van der Waals surface area contributed by atoms with Crippen molar-refractivity contribution in [1.82, 2.24) is 15.4 Å². The summed E-state index contributed by atoms with van der Waals surface area (Å²) in [7, 11) is -3.28. The number of sulfonamides is 1. The standard InChI is InChI=1S/C21H33N5O3S/c1-2-22-21(23-12-14-30(28,29)25-16-17-5-3-6-17)24-15-18-8-10-19(11-9-18)26-13-4-7-20(26)27/h8-11,17,25H,2-7,12-16H2,1H3,(H2,22,23,24). The van der Waals surface area contributed by atoms with E-state index in [1.54, 1.807) is 0 Å². The number of carbonyl (C=O) groups is 1. The van der Waals surface area contributed by atoms with Gasteiger partial charge in [0.05, 0.1) is 12.3 Å². The number of nitrogens with one attached hydrogen (secondary N) is 3. The highest BCUT2D eigenvalue weighted by Crippen LogP contribution is 2.25. The molecule has 1 saturated heterocycles. The third-order valence-corrected chi connectivity index (χ3v) is 6.91. The van der Waals surface area contributed by atoms with Gasteiger partial charge in [-0.1, -0.05) is 18.6 Å². The van der Waals surface area contributed by atoms with E-state index in [-0.39, 0.29) is 11.7 Å². The second-order valence-corrected chi connectivity index (χ2v) is 9.83. The fraction of sp³-hybridized carbons (Fsp3) is 0.619. The fourth-order valence-electron chi connectivity index (χ4n) is 3.53. The van der Waals surface area contributed by atoms with E-state index in [0.717, 1.165) is 37.1 Å². The van der Waals surface area contributed by atoms with Crippen LogP contribution in [0.25, 0.3) is 0 Å². The van der Waals surface area contributed by atoms with Gasteiger partial charge in [0.1, 0.15) is 0 Å². The average molecular weight is 436 g/mol. The maximum Gasteiger partial charge on any atom is 0.227 e. The zero-order chi connectivity index (χ0) is 21.4. The molecule has 1 aliphatic carbocycles. The van der Waals surface area contributed by atoms with Gasteiger partial charge in [0.15, 0.2) is 5.96 Å². The minimum absolute atomic E-state index is 0.0166. The van der Waals surface area contributed by atoms with E-state index < -0.39 is 10.0 Å². The second kappa shape index (κ2) is 10.8. The number of hydrogen-bond donors (Lipinski definition) is 3. The van der Waals surface area contributed by atoms with Gasteiger partial charge in [0, 0.05) is 38.3 Å². The fourth-order valence-corrected chi connectivity index (χ4v) is 4.54. The van der Waals surface area contributed by atoms with Crippen LogP contribution >= 0.6 is 0 Å². The Morgan fingerprint density at radius 1 is 1.17 bits per heavy atom. The molecule has 166 valence electrons. The van der Waals surface area contributed by atoms with Gasteiger partial charge >= 0.3 is 0 Å². The molecular weight excluding hydrogens is 402 g/mol. The van der Waals surface area contributed by atoms with Crippen LogP contribution in [0, 0.1) is 5.92 Å². The van der Waals surface area contributed by atoms with Crippen LogP contribution in [-0.4, -0.2) is 52.2 Å². The van der Waals surface area contributed by atoms with Gasteiger partial charge in [-0.15, -0.1) is 0 Å². The molecule has 2 aliphatic rings. The number of hydrogen-bond acceptors (Lipinski definition) is 4. The molecule has 1 aromatic carbocycles. The van der Waals surface area contributed by atoms with Crippen LogP contribution in [0.1, 0.15) is 44.6 Å². The van der Waals surface area contributed by atoms with Crippen molar-refractivity contribution in [3.8, 4) is 0 Å². The smallest absolute Gasteiger partial charge is 0.227 e. The van der Waals surface area contributed by atoms with Crippen molar-refractivity contribution in [1.29, 1.82) is 0 Å². The summed E-state index contributed by atoms with van der Waals surface area (Å²) in [6.07, 6.45) is 4.97. The number of anilines is 1. The van der Waals surface area contributed by atoms with E-state index in [2.05, 4.69) is 20.3 Å². The molecule has 3 rings (SSSR count). The Bertz CT molecular complexity index is 835. The summed E-state index contributed by atoms with van der Waals surface area (Å²) < 4.78 is 26.9. The molecule has 0 aromatic heterocycles. The van der Waals surface area contributed by atoms with Gasteiger partial charge < -0.3 is 15.5 Å². The summed E-state index contributed by atoms with van der Waals surface area (Å²) in [5, 5.41) is 6.23. The minimum Gasteiger partial charge on any atom is -0.357 e. The normalized spacial score (nSPS) is 17.8. The quantitative estimate of drug-likeness (QED) is 0.383. The molecule has 30 heavy (non-hydrogen) atoms. The van der Waals surface area contributed by atoms with Crippen molar-refractivity contribution in [3.63, 3.8) is 0 Å². The van der Waals surface area contributed by atoms with Crippen LogP contribution in [-0.2, 0) is 21.4 Å². The Hall–Kier alpha value is -2.13. The number of amides is 1. The highest BCUT2D eigenvalue weighted by atomic mass is 32.2. The van der Waals surface area contributed by atoms with E-state index in [4.69, 9.17) is 0 Å². The molecule has 1 saturated carbocycles. The molecule has 2 fully saturated rings. The highest BCUT2D eigenvalue weighted by molar-refractivity contribution is 7.89. The van der Waals surface area contributed by atoms with Crippen LogP contribution < -0.4 is 20.3 Å². The molecule has 0 radical (unpaired) electrons. The van der Waals surface area contributed by atoms with Gasteiger partial charge in [-0.2, -0.15) is 0 Å². The Morgan fingerprint density at radius 2 is 1.93 bits per heavy atom. The zero-order valence-corrected chi connectivity index (χ0v) is 18.5. The van der Waals surface area contributed by atoms with Gasteiger partial charge in [0.2, 0.25) is 15.9 Å². The summed E-state index contributed by atoms with van der Waals surface area (Å²) in [5.41, 5.74) is 1.95. The summed E-state index contributed by atoms with van der Waals surface area (Å²) in [6, 6.07) is 7.86. The lowest BCUT2D eigenvalue weighted by Crippen LogP contribution is -2.42. The first-order valence-electron chi connectivity index (χ1n) is 10.9. The SMILES string of the molecule is CCNC(=NCc1ccc(N2CCCC2=O)cc1)NCCS(=O)(=O)NCC1CCC1. The molecule has 1 aliphatic heterocycles. The van der Waals surface area contributed by atoms with Gasteiger partial charge in [-0.25, -0.2) is 18.1 Å². The minimum atomic E-state index is -3.28. The lowest BCUT2D eigenvalue weighted by atomic mass is 9.86. The van der Waals surface area contributed by atoms with Gasteiger partial charge in [-0.05, 0) is 49.8 Å². The molecule has 9 heteroatoms. The lowest BCUT2D eigenvalue weighted by molar-refractivity contribution is -0.117. The molecule has 0 spiro atoms. The molecule has 8 nitrogen and oxygen atoms in total. The maximum absolute atomic E-state index is 12.1. The van der Waals surface area contributed by atoms with Crippen LogP contribution in [0.15, 0.2) is 29.3 Å². The molecule has 0 atom stereocenters. The first kappa shape index (κ1) is 22.6. The van der Waals surface area contributed by atoms with Crippen LogP contribution in [0.5, 0.6) is 0 Å². The molecule has 0 bridgehead atoms. The van der Waals surface area contributed by atoms with Crippen LogP contribution in [0.4, 0.5) is 5.69 Å². The van der Waals surface area contributed by atoms with E-state index in [9.17, 15) is 13.2 Å². The molecule has 0 unspecified atom stereocenters. The average Bonchev–Trinajstić information content (AvgIpc) is 3.11. The predicted molar refractivity (Wildman–Crippen MR) is 120 cm³/mol. The van der Waals surface area contributed by atoms with Crippen molar-refractivity contribution in [2.45, 2.75) is 45.6 Å². The first-order chi connectivity index (χ1) is 14.5. The summed E-state index contributed by atoms with van der Waals surface area (Å²) in [5.74, 6) is 1.28. The number of nitrogens with zero attached hydrogens (tertiary/aromatic N) is 2. The molecular formula is C21H33N5O3S. The summed E-state index contributed by atoms with van der Waals surface area (Å²) >= 11 is 0. The highest BCUT2D eigenvalue weighted by Gasteiger charge is 2.21. The lowest BCUT2D eigenvalue weighted by Gasteiger charge is -2.25. The predicted octanol–water partition coefficient (Wildman–Crippen LogP) is 1.59. The van der Waals surface area contributed by atoms with Crippen LogP contribution in [0.3, 0.4) is 0 Å². The second-order valence-electron chi connectivity index (χ2n) is 7.90. The number of benzene rings is 1. The van der Waals surface area contributed by atoms with Crippen molar-refractivity contribution in [2.75, 3.05) is 36.8 Å². The van der Waals surface area contributed by atoms with Crippen molar-refractivity contribution >= 4 is 27.6 Å². The largest absolute Gasteiger partial charge is 0.357 e. The number of carbonyl (C=O) groups excluding carboxylic acids is 1. The Kier molecular flexibility index (Phi) is 8.09. The summed E-state index contributed by atoms with van der Waals surface area (Å²) in [4.78, 5) is 18.2. The maximum atomic E-state index is 12.1. The van der Waals surface area contributed by atoms with Crippen molar-refractivity contribution < 1.29 is 13.2 Å². The van der Waals surface area contributed by atoms with Crippen molar-refractivity contribution in [2.24, 2.45) is 10.9 Å². The molecule has 1 heterocycles.